The first kappa shape index (κ1) is 9.26. The average molecular weight is 213 g/mol. The largest absolute Gasteiger partial charge is 0.348 e. The highest BCUT2D eigenvalue weighted by Crippen LogP contribution is 2.12. The fourth-order valence-corrected chi connectivity index (χ4v) is 2.57. The monoisotopic (exact) mass is 213 g/mol. The third kappa shape index (κ3) is 1.79. The Morgan fingerprint density at radius 3 is 2.93 bits per heavy atom. The number of nitrogens with zero attached hydrogens (tertiary/aromatic N) is 2. The summed E-state index contributed by atoms with van der Waals surface area (Å²) in [5.41, 5.74) is 0. The van der Waals surface area contributed by atoms with Crippen molar-refractivity contribution in [2.24, 2.45) is 7.05 Å². The minimum Gasteiger partial charge on any atom is -0.348 e. The van der Waals surface area contributed by atoms with Gasteiger partial charge < -0.3 is 9.88 Å². The first-order valence-corrected chi connectivity index (χ1v) is 5.93. The van der Waals surface area contributed by atoms with Gasteiger partial charge in [0.25, 0.3) is 0 Å². The van der Waals surface area contributed by atoms with E-state index in [0.29, 0.717) is 5.95 Å². The number of hydrogen-bond acceptors (Lipinski definition) is 4. The summed E-state index contributed by atoms with van der Waals surface area (Å²) < 4.78 is 24.0. The third-order valence-corrected chi connectivity index (χ3v) is 3.46. The van der Waals surface area contributed by atoms with Gasteiger partial charge in [-0.1, -0.05) is 0 Å². The molecule has 0 amide bonds. The predicted octanol–water partition coefficient (Wildman–Crippen LogP) is 0.143. The number of aromatic nitrogens is 2. The van der Waals surface area contributed by atoms with Crippen LogP contribution in [0, 0.1) is 0 Å². The molecule has 6 heteroatoms. The average Bonchev–Trinajstić information content (AvgIpc) is 2.61. The van der Waals surface area contributed by atoms with Crippen molar-refractivity contribution in [2.75, 3.05) is 11.1 Å². The summed E-state index contributed by atoms with van der Waals surface area (Å²) >= 11 is 0. The van der Waals surface area contributed by atoms with Gasteiger partial charge in [0.2, 0.25) is 5.95 Å². The molecule has 0 saturated heterocycles. The van der Waals surface area contributed by atoms with E-state index in [1.807, 2.05) is 7.05 Å². The highest BCUT2D eigenvalue weighted by molar-refractivity contribution is 7.94. The van der Waals surface area contributed by atoms with E-state index < -0.39 is 9.84 Å². The van der Waals surface area contributed by atoms with E-state index in [4.69, 9.17) is 0 Å². The topological polar surface area (TPSA) is 64.0 Å². The molecule has 0 radical (unpaired) electrons. The smallest absolute Gasteiger partial charge is 0.203 e. The first-order valence-electron chi connectivity index (χ1n) is 4.22. The van der Waals surface area contributed by atoms with Gasteiger partial charge in [-0.2, -0.15) is 0 Å². The minimum absolute atomic E-state index is 0.111. The number of hydrogen-bond donors (Lipinski definition) is 1. The van der Waals surface area contributed by atoms with Gasteiger partial charge in [-0.15, -0.1) is 0 Å². The third-order valence-electron chi connectivity index (χ3n) is 2.07. The minimum atomic E-state index is -2.99. The predicted molar refractivity (Wildman–Crippen MR) is 53.5 cm³/mol. The molecule has 76 valence electrons. The lowest BCUT2D eigenvalue weighted by Crippen LogP contribution is -2.22. The van der Waals surface area contributed by atoms with Gasteiger partial charge in [-0.05, 0) is 6.08 Å². The molecule has 2 heterocycles. The van der Waals surface area contributed by atoms with E-state index in [0.717, 1.165) is 0 Å². The van der Waals surface area contributed by atoms with Crippen LogP contribution < -0.4 is 5.32 Å². The maximum absolute atomic E-state index is 11.1. The Morgan fingerprint density at radius 2 is 2.43 bits per heavy atom. The van der Waals surface area contributed by atoms with Crippen molar-refractivity contribution in [3.8, 4) is 0 Å². The summed E-state index contributed by atoms with van der Waals surface area (Å²) in [5.74, 6) is 0.789. The highest BCUT2D eigenvalue weighted by atomic mass is 32.2. The Labute approximate surface area is 82.4 Å². The van der Waals surface area contributed by atoms with Crippen LogP contribution in [0.2, 0.25) is 0 Å². The fraction of sp³-hybridized carbons (Fsp3) is 0.375. The number of rotatable bonds is 2. The second kappa shape index (κ2) is 3.13. The van der Waals surface area contributed by atoms with Crippen LogP contribution >= 0.6 is 0 Å². The van der Waals surface area contributed by atoms with Crippen LogP contribution in [0.1, 0.15) is 0 Å². The molecule has 1 aliphatic heterocycles. The van der Waals surface area contributed by atoms with Crippen molar-refractivity contribution in [2.45, 2.75) is 6.04 Å². The lowest BCUT2D eigenvalue weighted by Gasteiger charge is -2.10. The van der Waals surface area contributed by atoms with Gasteiger partial charge in [0.1, 0.15) is 0 Å². The van der Waals surface area contributed by atoms with Crippen LogP contribution in [0.4, 0.5) is 5.95 Å². The molecule has 1 atom stereocenters. The van der Waals surface area contributed by atoms with E-state index >= 15 is 0 Å². The lowest BCUT2D eigenvalue weighted by molar-refractivity contribution is 0.605. The van der Waals surface area contributed by atoms with Gasteiger partial charge >= 0.3 is 0 Å². The summed E-state index contributed by atoms with van der Waals surface area (Å²) in [4.78, 5) is 4.05. The van der Waals surface area contributed by atoms with E-state index in [2.05, 4.69) is 10.3 Å². The van der Waals surface area contributed by atoms with Crippen LogP contribution in [0.5, 0.6) is 0 Å². The van der Waals surface area contributed by atoms with Crippen LogP contribution in [0.15, 0.2) is 23.9 Å². The van der Waals surface area contributed by atoms with Gasteiger partial charge in [-0.25, -0.2) is 13.4 Å². The number of imidazole rings is 1. The molecule has 1 N–H and O–H groups in total. The van der Waals surface area contributed by atoms with Crippen molar-refractivity contribution >= 4 is 15.8 Å². The quantitative estimate of drug-likeness (QED) is 0.759. The Bertz CT molecular complexity index is 461. The molecule has 0 spiro atoms. The molecule has 2 rings (SSSR count). The number of aryl methyl sites for hydroxylation is 1. The summed E-state index contributed by atoms with van der Waals surface area (Å²) in [6.07, 6.45) is 5.11. The van der Waals surface area contributed by atoms with Crippen molar-refractivity contribution in [3.63, 3.8) is 0 Å². The maximum atomic E-state index is 11.1. The number of sulfone groups is 1. The van der Waals surface area contributed by atoms with E-state index in [-0.39, 0.29) is 11.8 Å². The zero-order valence-corrected chi connectivity index (χ0v) is 8.53. The summed E-state index contributed by atoms with van der Waals surface area (Å²) in [6, 6.07) is -0.166. The van der Waals surface area contributed by atoms with Crippen LogP contribution in [-0.2, 0) is 16.9 Å². The summed E-state index contributed by atoms with van der Waals surface area (Å²) in [5, 5.41) is 4.27. The number of nitrogens with one attached hydrogen (secondary N) is 1. The fourth-order valence-electron chi connectivity index (χ4n) is 1.34. The lowest BCUT2D eigenvalue weighted by atomic mass is 10.3. The molecule has 0 aliphatic carbocycles. The normalized spacial score (nSPS) is 23.9. The van der Waals surface area contributed by atoms with Crippen LogP contribution in [-0.4, -0.2) is 29.8 Å². The standard InChI is InChI=1S/C8H11N3O2S/c1-11-4-3-9-8(11)10-7-2-5-14(12,13)6-7/h2-5,7H,6H2,1H3,(H,9,10). The SMILES string of the molecule is Cn1ccnc1NC1C=CS(=O)(=O)C1. The Morgan fingerprint density at radius 1 is 1.64 bits per heavy atom. The summed E-state index contributed by atoms with van der Waals surface area (Å²) in [7, 11) is -1.14. The highest BCUT2D eigenvalue weighted by Gasteiger charge is 2.22. The van der Waals surface area contributed by atoms with E-state index in [9.17, 15) is 8.42 Å². The Hall–Kier alpha value is -1.30. The molecule has 1 aliphatic rings. The van der Waals surface area contributed by atoms with Gasteiger partial charge in [0, 0.05) is 24.8 Å². The maximum Gasteiger partial charge on any atom is 0.203 e. The molecule has 0 bridgehead atoms. The van der Waals surface area contributed by atoms with Crippen molar-refractivity contribution in [1.82, 2.24) is 9.55 Å². The molecule has 0 saturated carbocycles. The molecular formula is C8H11N3O2S. The molecule has 14 heavy (non-hydrogen) atoms. The molecule has 0 aromatic carbocycles. The second-order valence-corrected chi connectivity index (χ2v) is 5.20. The van der Waals surface area contributed by atoms with E-state index in [1.54, 1.807) is 23.0 Å². The molecule has 5 nitrogen and oxygen atoms in total. The first-order chi connectivity index (χ1) is 6.57. The Kier molecular flexibility index (Phi) is 2.07. The van der Waals surface area contributed by atoms with Crippen molar-refractivity contribution in [1.29, 1.82) is 0 Å². The van der Waals surface area contributed by atoms with Gasteiger partial charge in [0.15, 0.2) is 9.84 Å². The molecule has 0 fully saturated rings. The van der Waals surface area contributed by atoms with E-state index in [1.165, 1.54) is 5.41 Å². The summed E-state index contributed by atoms with van der Waals surface area (Å²) in [6.45, 7) is 0. The van der Waals surface area contributed by atoms with Crippen molar-refractivity contribution in [3.05, 3.63) is 23.9 Å². The zero-order chi connectivity index (χ0) is 10.2. The zero-order valence-electron chi connectivity index (χ0n) is 7.71. The second-order valence-electron chi connectivity index (χ2n) is 3.27. The Balaban J connectivity index is 2.09. The molecule has 1 unspecified atom stereocenters. The van der Waals surface area contributed by atoms with Crippen LogP contribution in [0.3, 0.4) is 0 Å². The van der Waals surface area contributed by atoms with Gasteiger partial charge in [0.05, 0.1) is 11.8 Å². The molecule has 1 aromatic rings. The van der Waals surface area contributed by atoms with Crippen molar-refractivity contribution < 1.29 is 8.42 Å². The number of anilines is 1. The van der Waals surface area contributed by atoms with Crippen LogP contribution in [0.25, 0.3) is 0 Å². The molecule has 1 aromatic heterocycles. The molecular weight excluding hydrogens is 202 g/mol. The van der Waals surface area contributed by atoms with Gasteiger partial charge in [-0.3, -0.25) is 0 Å².